The van der Waals surface area contributed by atoms with Gasteiger partial charge in [-0.15, -0.1) is 11.5 Å². The van der Waals surface area contributed by atoms with Crippen LogP contribution in [0.4, 0.5) is 0 Å². The minimum Gasteiger partial charge on any atom is -0.344 e. The first-order chi connectivity index (χ1) is 6.92. The molecule has 0 aliphatic heterocycles. The van der Waals surface area contributed by atoms with Crippen molar-refractivity contribution in [3.05, 3.63) is 30.0 Å². The van der Waals surface area contributed by atoms with Crippen molar-refractivity contribution in [2.24, 2.45) is 0 Å². The van der Waals surface area contributed by atoms with Gasteiger partial charge in [0, 0.05) is 0 Å². The molecule has 2 nitrogen and oxygen atoms in total. The van der Waals surface area contributed by atoms with Gasteiger partial charge in [0.25, 0.3) is 0 Å². The topological polar surface area (TPSA) is 28.7 Å². The molecule has 0 fully saturated rings. The fourth-order valence-corrected chi connectivity index (χ4v) is 1.74. The van der Waals surface area contributed by atoms with Gasteiger partial charge in [0.15, 0.2) is 0 Å². The van der Waals surface area contributed by atoms with Crippen molar-refractivity contribution in [2.75, 3.05) is 0 Å². The van der Waals surface area contributed by atoms with Crippen molar-refractivity contribution >= 4 is 10.9 Å². The Bertz CT molecular complexity index is 409. The number of nitrogens with one attached hydrogen (secondary N) is 1. The molecule has 0 atom stereocenters. The van der Waals surface area contributed by atoms with Crippen molar-refractivity contribution in [1.82, 2.24) is 10.2 Å². The number of aromatic amines is 1. The molecule has 15 heavy (non-hydrogen) atoms. The van der Waals surface area contributed by atoms with E-state index in [-0.39, 0.29) is 18.9 Å². The second kappa shape index (κ2) is 6.00. The molecular formula is C12H15LiN2. The number of fused-ring (bicyclic) bond motifs is 1. The first-order valence-electron chi connectivity index (χ1n) is 5.25. The molecule has 0 spiro atoms. The average molecular weight is 194 g/mol. The van der Waals surface area contributed by atoms with Gasteiger partial charge < -0.3 is 5.10 Å². The monoisotopic (exact) mass is 194 g/mol. The normalized spacial score (nSPS) is 10.2. The Labute approximate surface area is 103 Å². The summed E-state index contributed by atoms with van der Waals surface area (Å²) in [5, 5.41) is 8.05. The van der Waals surface area contributed by atoms with E-state index in [9.17, 15) is 0 Å². The van der Waals surface area contributed by atoms with Crippen LogP contribution in [-0.2, 0) is 6.42 Å². The third-order valence-corrected chi connectivity index (χ3v) is 2.54. The number of nitrogens with zero attached hydrogens (tertiary/aromatic N) is 1. The van der Waals surface area contributed by atoms with E-state index in [0.29, 0.717) is 0 Å². The Morgan fingerprint density at radius 2 is 2.20 bits per heavy atom. The van der Waals surface area contributed by atoms with Gasteiger partial charge in [0.2, 0.25) is 0 Å². The zero-order chi connectivity index (χ0) is 9.80. The maximum absolute atomic E-state index is 3.94. The molecule has 1 N–H and O–H groups in total. The zero-order valence-corrected chi connectivity index (χ0v) is 9.51. The summed E-state index contributed by atoms with van der Waals surface area (Å²) in [5.74, 6) is 0. The molecule has 0 bridgehead atoms. The van der Waals surface area contributed by atoms with Gasteiger partial charge >= 0.3 is 18.9 Å². The van der Waals surface area contributed by atoms with E-state index < -0.39 is 0 Å². The predicted octanol–water partition coefficient (Wildman–Crippen LogP) is 0.0998. The quantitative estimate of drug-likeness (QED) is 0.417. The van der Waals surface area contributed by atoms with Gasteiger partial charge in [-0.3, -0.25) is 5.10 Å². The number of para-hydroxylation sites is 1. The smallest absolute Gasteiger partial charge is 0.344 e. The number of benzene rings is 1. The SMILES string of the molecule is CCCCCc1cccc2[c-]n[nH]c12.[Li+]. The standard InChI is InChI=1S/C12H15N2.Li/c1-2-3-4-6-10-7-5-8-11-9-13-14-12(10)11;/h5,7-8H,2-4,6H2,1H3,(H,13,14);/q-1;+1. The van der Waals surface area contributed by atoms with Crippen molar-refractivity contribution in [2.45, 2.75) is 32.6 Å². The largest absolute Gasteiger partial charge is 1.00 e. The Kier molecular flexibility index (Phi) is 4.94. The van der Waals surface area contributed by atoms with E-state index in [1.165, 1.54) is 24.8 Å². The third kappa shape index (κ3) is 2.87. The number of aryl methyl sites for hydroxylation is 1. The number of unbranched alkanes of at least 4 members (excludes halogenated alkanes) is 2. The first kappa shape index (κ1) is 12.4. The van der Waals surface area contributed by atoms with E-state index in [0.717, 1.165) is 17.3 Å². The first-order valence-corrected chi connectivity index (χ1v) is 5.25. The summed E-state index contributed by atoms with van der Waals surface area (Å²) in [6, 6.07) is 6.29. The summed E-state index contributed by atoms with van der Waals surface area (Å²) in [4.78, 5) is 0. The van der Waals surface area contributed by atoms with Gasteiger partial charge in [0.1, 0.15) is 0 Å². The summed E-state index contributed by atoms with van der Waals surface area (Å²) in [5.41, 5.74) is 2.52. The van der Waals surface area contributed by atoms with Crippen LogP contribution in [0.15, 0.2) is 18.2 Å². The maximum atomic E-state index is 3.94. The molecule has 74 valence electrons. The number of hydrogen-bond acceptors (Lipinski definition) is 1. The summed E-state index contributed by atoms with van der Waals surface area (Å²) >= 11 is 0. The zero-order valence-electron chi connectivity index (χ0n) is 9.51. The maximum Gasteiger partial charge on any atom is 1.00 e. The van der Waals surface area contributed by atoms with Crippen molar-refractivity contribution in [3.63, 3.8) is 0 Å². The molecule has 0 unspecified atom stereocenters. The van der Waals surface area contributed by atoms with Crippen LogP contribution < -0.4 is 18.9 Å². The number of rotatable bonds is 4. The van der Waals surface area contributed by atoms with Crippen molar-refractivity contribution in [1.29, 1.82) is 0 Å². The van der Waals surface area contributed by atoms with Gasteiger partial charge in [-0.1, -0.05) is 37.8 Å². The number of aromatic nitrogens is 2. The molecule has 0 amide bonds. The molecule has 1 heterocycles. The Morgan fingerprint density at radius 1 is 1.33 bits per heavy atom. The van der Waals surface area contributed by atoms with Crippen LogP contribution in [0.25, 0.3) is 10.9 Å². The molecule has 0 radical (unpaired) electrons. The molecule has 2 aromatic rings. The molecule has 3 heteroatoms. The van der Waals surface area contributed by atoms with Crippen LogP contribution >= 0.6 is 0 Å². The second-order valence-corrected chi connectivity index (χ2v) is 3.63. The fourth-order valence-electron chi connectivity index (χ4n) is 1.74. The number of H-pyrrole nitrogens is 1. The van der Waals surface area contributed by atoms with Crippen LogP contribution in [-0.4, -0.2) is 10.2 Å². The van der Waals surface area contributed by atoms with E-state index in [4.69, 9.17) is 0 Å². The minimum atomic E-state index is 0. The Balaban J connectivity index is 0.00000112. The van der Waals surface area contributed by atoms with Gasteiger partial charge in [-0.05, 0) is 18.1 Å². The second-order valence-electron chi connectivity index (χ2n) is 3.63. The molecule has 2 rings (SSSR count). The van der Waals surface area contributed by atoms with Crippen LogP contribution in [0.1, 0.15) is 31.7 Å². The van der Waals surface area contributed by atoms with Gasteiger partial charge in [0.05, 0.1) is 0 Å². The van der Waals surface area contributed by atoms with Crippen LogP contribution in [0.5, 0.6) is 0 Å². The summed E-state index contributed by atoms with van der Waals surface area (Å²) in [6.07, 6.45) is 7.91. The van der Waals surface area contributed by atoms with E-state index in [2.05, 4.69) is 35.5 Å². The van der Waals surface area contributed by atoms with E-state index in [1.807, 2.05) is 6.07 Å². The molecule has 0 saturated carbocycles. The minimum absolute atomic E-state index is 0. The predicted molar refractivity (Wildman–Crippen MR) is 58.2 cm³/mol. The molecule has 1 aromatic carbocycles. The third-order valence-electron chi connectivity index (χ3n) is 2.54. The van der Waals surface area contributed by atoms with Crippen LogP contribution in [0.3, 0.4) is 0 Å². The van der Waals surface area contributed by atoms with Crippen molar-refractivity contribution in [3.8, 4) is 0 Å². The molecule has 0 aliphatic carbocycles. The summed E-state index contributed by atoms with van der Waals surface area (Å²) in [7, 11) is 0. The summed E-state index contributed by atoms with van der Waals surface area (Å²) < 4.78 is 0. The van der Waals surface area contributed by atoms with E-state index >= 15 is 0 Å². The van der Waals surface area contributed by atoms with Crippen molar-refractivity contribution < 1.29 is 18.9 Å². The Morgan fingerprint density at radius 3 is 3.00 bits per heavy atom. The molecule has 0 aliphatic rings. The average Bonchev–Trinajstić information content (AvgIpc) is 2.67. The van der Waals surface area contributed by atoms with Crippen LogP contribution in [0, 0.1) is 6.20 Å². The van der Waals surface area contributed by atoms with Gasteiger partial charge in [-0.2, -0.15) is 6.07 Å². The van der Waals surface area contributed by atoms with E-state index in [1.54, 1.807) is 0 Å². The van der Waals surface area contributed by atoms with Gasteiger partial charge in [-0.25, -0.2) is 0 Å². The van der Waals surface area contributed by atoms with Crippen LogP contribution in [0.2, 0.25) is 0 Å². The summed E-state index contributed by atoms with van der Waals surface area (Å²) in [6.45, 7) is 2.23. The molecular weight excluding hydrogens is 179 g/mol. The molecule has 0 saturated heterocycles. The Hall–Kier alpha value is -0.713. The number of hydrogen-bond donors (Lipinski definition) is 1. The fraction of sp³-hybridized carbons (Fsp3) is 0.417. The molecule has 1 aromatic heterocycles.